The third-order valence-corrected chi connectivity index (χ3v) is 6.16. The lowest BCUT2D eigenvalue weighted by atomic mass is 10.1. The van der Waals surface area contributed by atoms with Gasteiger partial charge in [-0.05, 0) is 49.0 Å². The summed E-state index contributed by atoms with van der Waals surface area (Å²) in [6.07, 6.45) is 1.92. The van der Waals surface area contributed by atoms with Gasteiger partial charge in [-0.1, -0.05) is 48.5 Å². The van der Waals surface area contributed by atoms with Gasteiger partial charge in [-0.3, -0.25) is 4.79 Å². The average molecular weight is 406 g/mol. The number of ether oxygens (including phenoxy) is 1. The van der Waals surface area contributed by atoms with E-state index in [0.717, 1.165) is 30.9 Å². The molecule has 5 heteroatoms. The Morgan fingerprint density at radius 2 is 1.77 bits per heavy atom. The van der Waals surface area contributed by atoms with E-state index in [1.54, 1.807) is 7.11 Å². The number of carbonyl (C=O) groups excluding carboxylic acids is 1. The van der Waals surface area contributed by atoms with Gasteiger partial charge in [0.05, 0.1) is 6.54 Å². The third kappa shape index (κ3) is 4.42. The van der Waals surface area contributed by atoms with Crippen LogP contribution in [0.3, 0.4) is 0 Å². The summed E-state index contributed by atoms with van der Waals surface area (Å²) in [5.74, 6) is 0.0214. The van der Waals surface area contributed by atoms with Gasteiger partial charge in [0.15, 0.2) is 6.10 Å². The van der Waals surface area contributed by atoms with Crippen molar-refractivity contribution in [2.24, 2.45) is 7.05 Å². The average Bonchev–Trinajstić information content (AvgIpc) is 3.41. The van der Waals surface area contributed by atoms with Crippen LogP contribution >= 0.6 is 0 Å². The van der Waals surface area contributed by atoms with Gasteiger partial charge >= 0.3 is 0 Å². The lowest BCUT2D eigenvalue weighted by Gasteiger charge is -2.29. The van der Waals surface area contributed by atoms with E-state index in [0.29, 0.717) is 13.1 Å². The second-order valence-electron chi connectivity index (χ2n) is 8.09. The Kier molecular flexibility index (Phi) is 6.50. The highest BCUT2D eigenvalue weighted by molar-refractivity contribution is 5.83. The fourth-order valence-electron chi connectivity index (χ4n) is 4.40. The number of methoxy groups -OCH3 is 1. The molecule has 2 aromatic carbocycles. The molecule has 30 heavy (non-hydrogen) atoms. The van der Waals surface area contributed by atoms with Gasteiger partial charge in [0.1, 0.15) is 0 Å². The molecular formula is C25H31N3O2. The van der Waals surface area contributed by atoms with Crippen molar-refractivity contribution in [2.75, 3.05) is 33.3 Å². The molecule has 158 valence electrons. The predicted octanol–water partition coefficient (Wildman–Crippen LogP) is 3.99. The zero-order valence-electron chi connectivity index (χ0n) is 18.0. The van der Waals surface area contributed by atoms with Crippen LogP contribution in [0.4, 0.5) is 0 Å². The molecule has 0 spiro atoms. The third-order valence-electron chi connectivity index (χ3n) is 6.16. The number of para-hydroxylation sites is 1. The summed E-state index contributed by atoms with van der Waals surface area (Å²) in [7, 11) is 3.69. The number of rotatable bonds is 8. The highest BCUT2D eigenvalue weighted by Crippen LogP contribution is 2.23. The van der Waals surface area contributed by atoms with Gasteiger partial charge in [0.2, 0.25) is 0 Å². The van der Waals surface area contributed by atoms with Gasteiger partial charge in [-0.2, -0.15) is 0 Å². The Morgan fingerprint density at radius 1 is 1.07 bits per heavy atom. The van der Waals surface area contributed by atoms with E-state index in [2.05, 4.69) is 46.8 Å². The molecule has 1 atom stereocenters. The molecule has 5 nitrogen and oxygen atoms in total. The highest BCUT2D eigenvalue weighted by Gasteiger charge is 2.27. The number of aryl methyl sites for hydroxylation is 1. The maximum absolute atomic E-state index is 13.6. The maximum atomic E-state index is 13.6. The monoisotopic (exact) mass is 405 g/mol. The van der Waals surface area contributed by atoms with Crippen molar-refractivity contribution in [3.05, 3.63) is 71.9 Å². The van der Waals surface area contributed by atoms with Gasteiger partial charge < -0.3 is 19.1 Å². The SMILES string of the molecule is CO[C@@H](C(=O)N(CCN1CCCC1)Cc1cc2ccccc2n1C)c1ccccc1. The number of benzene rings is 2. The molecule has 1 fully saturated rings. The normalized spacial score (nSPS) is 15.5. The molecule has 1 amide bonds. The van der Waals surface area contributed by atoms with Crippen LogP contribution in [0.15, 0.2) is 60.7 Å². The summed E-state index contributed by atoms with van der Waals surface area (Å²) >= 11 is 0. The summed E-state index contributed by atoms with van der Waals surface area (Å²) in [6, 6.07) is 20.3. The summed E-state index contributed by atoms with van der Waals surface area (Å²) in [5.41, 5.74) is 3.22. The summed E-state index contributed by atoms with van der Waals surface area (Å²) < 4.78 is 7.86. The molecule has 0 unspecified atom stereocenters. The minimum Gasteiger partial charge on any atom is -0.367 e. The second kappa shape index (κ2) is 9.45. The number of carbonyl (C=O) groups is 1. The smallest absolute Gasteiger partial charge is 0.256 e. The molecule has 0 N–H and O–H groups in total. The van der Waals surface area contributed by atoms with Crippen LogP contribution in [0.25, 0.3) is 10.9 Å². The largest absolute Gasteiger partial charge is 0.367 e. The van der Waals surface area contributed by atoms with E-state index in [9.17, 15) is 4.79 Å². The molecule has 0 bridgehead atoms. The molecule has 0 radical (unpaired) electrons. The van der Waals surface area contributed by atoms with E-state index >= 15 is 0 Å². The summed E-state index contributed by atoms with van der Waals surface area (Å²) in [4.78, 5) is 18.0. The van der Waals surface area contributed by atoms with Crippen LogP contribution in [0, 0.1) is 0 Å². The van der Waals surface area contributed by atoms with Crippen LogP contribution in [-0.2, 0) is 23.1 Å². The predicted molar refractivity (Wildman–Crippen MR) is 120 cm³/mol. The van der Waals surface area contributed by atoms with E-state index in [4.69, 9.17) is 4.74 Å². The summed E-state index contributed by atoms with van der Waals surface area (Å²) in [5, 5.41) is 1.20. The Labute approximate surface area is 178 Å². The molecule has 1 aromatic heterocycles. The lowest BCUT2D eigenvalue weighted by molar-refractivity contribution is -0.143. The van der Waals surface area contributed by atoms with E-state index < -0.39 is 6.10 Å². The fourth-order valence-corrected chi connectivity index (χ4v) is 4.40. The molecule has 1 saturated heterocycles. The molecule has 0 saturated carbocycles. The molecule has 2 heterocycles. The number of nitrogens with zero attached hydrogens (tertiary/aromatic N) is 3. The molecule has 0 aliphatic carbocycles. The number of hydrogen-bond donors (Lipinski definition) is 0. The topological polar surface area (TPSA) is 37.7 Å². The molecule has 3 aromatic rings. The van der Waals surface area contributed by atoms with Crippen molar-refractivity contribution in [3.63, 3.8) is 0 Å². The number of aromatic nitrogens is 1. The lowest BCUT2D eigenvalue weighted by Crippen LogP contribution is -2.40. The highest BCUT2D eigenvalue weighted by atomic mass is 16.5. The van der Waals surface area contributed by atoms with Crippen LogP contribution in [-0.4, -0.2) is 53.6 Å². The zero-order chi connectivity index (χ0) is 20.9. The van der Waals surface area contributed by atoms with Crippen LogP contribution < -0.4 is 0 Å². The first-order valence-corrected chi connectivity index (χ1v) is 10.8. The van der Waals surface area contributed by atoms with Crippen LogP contribution in [0.1, 0.15) is 30.2 Å². The molecule has 1 aliphatic rings. The first-order valence-electron chi connectivity index (χ1n) is 10.8. The number of fused-ring (bicyclic) bond motifs is 1. The minimum absolute atomic E-state index is 0.0214. The van der Waals surface area contributed by atoms with Crippen LogP contribution in [0.5, 0.6) is 0 Å². The van der Waals surface area contributed by atoms with Crippen molar-refractivity contribution >= 4 is 16.8 Å². The fraction of sp³-hybridized carbons (Fsp3) is 0.400. The van der Waals surface area contributed by atoms with E-state index in [-0.39, 0.29) is 5.91 Å². The maximum Gasteiger partial charge on any atom is 0.256 e. The molecular weight excluding hydrogens is 374 g/mol. The van der Waals surface area contributed by atoms with Gasteiger partial charge in [0.25, 0.3) is 5.91 Å². The Bertz CT molecular complexity index is 976. The minimum atomic E-state index is -0.584. The van der Waals surface area contributed by atoms with Crippen molar-refractivity contribution in [1.29, 1.82) is 0 Å². The summed E-state index contributed by atoms with van der Waals surface area (Å²) in [6.45, 7) is 4.43. The number of likely N-dealkylation sites (tertiary alicyclic amines) is 1. The Morgan fingerprint density at radius 3 is 2.47 bits per heavy atom. The van der Waals surface area contributed by atoms with Crippen LogP contribution in [0.2, 0.25) is 0 Å². The Balaban J connectivity index is 1.59. The van der Waals surface area contributed by atoms with Crippen molar-refractivity contribution in [3.8, 4) is 0 Å². The first kappa shape index (κ1) is 20.6. The van der Waals surface area contributed by atoms with Gasteiger partial charge in [0, 0.05) is 38.5 Å². The van der Waals surface area contributed by atoms with Gasteiger partial charge in [-0.15, -0.1) is 0 Å². The van der Waals surface area contributed by atoms with Crippen molar-refractivity contribution in [2.45, 2.75) is 25.5 Å². The van der Waals surface area contributed by atoms with Crippen molar-refractivity contribution < 1.29 is 9.53 Å². The van der Waals surface area contributed by atoms with E-state index in [1.807, 2.05) is 35.2 Å². The first-order chi connectivity index (χ1) is 14.7. The van der Waals surface area contributed by atoms with Gasteiger partial charge in [-0.25, -0.2) is 0 Å². The molecule has 4 rings (SSSR count). The number of hydrogen-bond acceptors (Lipinski definition) is 3. The quantitative estimate of drug-likeness (QED) is 0.569. The zero-order valence-corrected chi connectivity index (χ0v) is 18.0. The Hall–Kier alpha value is -2.63. The standard InChI is InChI=1S/C25H31N3O2/c1-26-22(18-21-12-6-7-13-23(21)26)19-28(17-16-27-14-8-9-15-27)25(29)24(30-2)20-10-4-3-5-11-20/h3-7,10-13,18,24H,8-9,14-17,19H2,1-2H3/t24-/m1/s1. The second-order valence-corrected chi connectivity index (χ2v) is 8.09. The number of amides is 1. The van der Waals surface area contributed by atoms with E-state index in [1.165, 1.54) is 23.7 Å². The molecule has 1 aliphatic heterocycles. The van der Waals surface area contributed by atoms with Crippen molar-refractivity contribution in [1.82, 2.24) is 14.4 Å².